The molecule has 0 amide bonds. The van der Waals surface area contributed by atoms with E-state index in [2.05, 4.69) is 34.1 Å². The molecule has 0 radical (unpaired) electrons. The van der Waals surface area contributed by atoms with Gasteiger partial charge in [-0.1, -0.05) is 19.1 Å². The minimum Gasteiger partial charge on any atom is -0.252 e. The third-order valence-corrected chi connectivity index (χ3v) is 2.13. The second kappa shape index (κ2) is 4.38. The molecule has 0 atom stereocenters. The highest BCUT2D eigenvalue weighted by Gasteiger charge is 2.06. The van der Waals surface area contributed by atoms with Crippen molar-refractivity contribution in [2.24, 2.45) is 5.92 Å². The average molecular weight is 217 g/mol. The van der Waals surface area contributed by atoms with Gasteiger partial charge in [-0.2, -0.15) is 0 Å². The molecule has 0 saturated heterocycles. The summed E-state index contributed by atoms with van der Waals surface area (Å²) in [5.41, 5.74) is 1.62. The van der Waals surface area contributed by atoms with E-state index in [9.17, 15) is 0 Å². The van der Waals surface area contributed by atoms with Crippen molar-refractivity contribution in [1.29, 1.82) is 0 Å². The van der Waals surface area contributed by atoms with E-state index in [-0.39, 0.29) is 0 Å². The Morgan fingerprint density at radius 1 is 1.31 bits per heavy atom. The van der Waals surface area contributed by atoms with Crippen LogP contribution < -0.4 is 0 Å². The largest absolute Gasteiger partial charge is 0.252 e. The first-order chi connectivity index (χ1) is 7.65. The fourth-order valence-electron chi connectivity index (χ4n) is 1.48. The van der Waals surface area contributed by atoms with Gasteiger partial charge in [-0.15, -0.1) is 5.10 Å². The van der Waals surface area contributed by atoms with Gasteiger partial charge in [0.05, 0.1) is 11.9 Å². The van der Waals surface area contributed by atoms with Gasteiger partial charge in [-0.05, 0) is 18.9 Å². The molecule has 0 N–H and O–H groups in total. The summed E-state index contributed by atoms with van der Waals surface area (Å²) >= 11 is 0. The molecular weight excluding hydrogens is 202 g/mol. The Morgan fingerprint density at radius 3 is 2.81 bits per heavy atom. The van der Waals surface area contributed by atoms with E-state index >= 15 is 0 Å². The van der Waals surface area contributed by atoms with Crippen LogP contribution >= 0.6 is 0 Å². The molecule has 16 heavy (non-hydrogen) atoms. The highest BCUT2D eigenvalue weighted by atomic mass is 15.4. The summed E-state index contributed by atoms with van der Waals surface area (Å²) in [5.74, 6) is 1.30. The molecule has 0 aromatic carbocycles. The van der Waals surface area contributed by atoms with Crippen LogP contribution in [-0.2, 0) is 6.54 Å². The van der Waals surface area contributed by atoms with E-state index in [0.29, 0.717) is 5.92 Å². The number of aromatic nitrogens is 5. The smallest absolute Gasteiger partial charge is 0.131 e. The zero-order valence-electron chi connectivity index (χ0n) is 9.75. The van der Waals surface area contributed by atoms with Crippen LogP contribution in [-0.4, -0.2) is 25.0 Å². The van der Waals surface area contributed by atoms with Gasteiger partial charge in [0, 0.05) is 12.7 Å². The van der Waals surface area contributed by atoms with Crippen molar-refractivity contribution < 1.29 is 0 Å². The van der Waals surface area contributed by atoms with E-state index < -0.39 is 0 Å². The monoisotopic (exact) mass is 217 g/mol. The summed E-state index contributed by atoms with van der Waals surface area (Å²) < 4.78 is 1.84. The minimum atomic E-state index is 0.557. The molecule has 2 rings (SSSR count). The van der Waals surface area contributed by atoms with Crippen molar-refractivity contribution in [3.63, 3.8) is 0 Å². The fourth-order valence-corrected chi connectivity index (χ4v) is 1.48. The highest BCUT2D eigenvalue weighted by Crippen LogP contribution is 2.12. The summed E-state index contributed by atoms with van der Waals surface area (Å²) in [7, 11) is 0. The van der Waals surface area contributed by atoms with Crippen LogP contribution in [0.15, 0.2) is 18.5 Å². The van der Waals surface area contributed by atoms with Crippen molar-refractivity contribution in [2.45, 2.75) is 27.3 Å². The van der Waals surface area contributed by atoms with Gasteiger partial charge in [0.1, 0.15) is 11.5 Å². The predicted octanol–water partition coefficient (Wildman–Crippen LogP) is 1.70. The van der Waals surface area contributed by atoms with Crippen molar-refractivity contribution in [1.82, 2.24) is 25.0 Å². The lowest BCUT2D eigenvalue weighted by atomic mass is 10.2. The molecule has 84 valence electrons. The van der Waals surface area contributed by atoms with Gasteiger partial charge in [0.25, 0.3) is 0 Å². The SMILES string of the molecule is Cc1nccc(-c2cn(CC(C)C)nn2)n1. The lowest BCUT2D eigenvalue weighted by Gasteiger charge is -2.01. The molecule has 0 unspecified atom stereocenters. The molecule has 0 saturated carbocycles. The van der Waals surface area contributed by atoms with Crippen molar-refractivity contribution in [2.75, 3.05) is 0 Å². The van der Waals surface area contributed by atoms with E-state index in [4.69, 9.17) is 0 Å². The number of aryl methyl sites for hydroxylation is 1. The normalized spacial score (nSPS) is 11.0. The topological polar surface area (TPSA) is 56.5 Å². The van der Waals surface area contributed by atoms with E-state index in [1.54, 1.807) is 6.20 Å². The molecule has 0 fully saturated rings. The summed E-state index contributed by atoms with van der Waals surface area (Å²) in [6, 6.07) is 1.84. The number of nitrogens with zero attached hydrogens (tertiary/aromatic N) is 5. The lowest BCUT2D eigenvalue weighted by molar-refractivity contribution is 0.472. The first-order valence-electron chi connectivity index (χ1n) is 5.35. The van der Waals surface area contributed by atoms with Crippen LogP contribution in [0.5, 0.6) is 0 Å². The molecule has 5 nitrogen and oxygen atoms in total. The Labute approximate surface area is 94.5 Å². The second-order valence-electron chi connectivity index (χ2n) is 4.21. The Balaban J connectivity index is 2.24. The Hall–Kier alpha value is -1.78. The Kier molecular flexibility index (Phi) is 2.94. The van der Waals surface area contributed by atoms with Crippen LogP contribution in [0.4, 0.5) is 0 Å². The number of rotatable bonds is 3. The summed E-state index contributed by atoms with van der Waals surface area (Å²) in [5, 5.41) is 8.17. The Bertz CT molecular complexity index is 475. The first kappa shape index (κ1) is 10.7. The van der Waals surface area contributed by atoms with Crippen molar-refractivity contribution >= 4 is 0 Å². The third kappa shape index (κ3) is 2.42. The van der Waals surface area contributed by atoms with Gasteiger partial charge >= 0.3 is 0 Å². The summed E-state index contributed by atoms with van der Waals surface area (Å²) in [4.78, 5) is 8.36. The molecular formula is C11H15N5. The second-order valence-corrected chi connectivity index (χ2v) is 4.21. The zero-order valence-corrected chi connectivity index (χ0v) is 9.75. The standard InChI is InChI=1S/C11H15N5/c1-8(2)6-16-7-11(14-15-16)10-4-5-12-9(3)13-10/h4-5,7-8H,6H2,1-3H3. The van der Waals surface area contributed by atoms with E-state index in [0.717, 1.165) is 23.8 Å². The molecule has 0 bridgehead atoms. The fraction of sp³-hybridized carbons (Fsp3) is 0.455. The van der Waals surface area contributed by atoms with E-state index in [1.165, 1.54) is 0 Å². The zero-order chi connectivity index (χ0) is 11.5. The Morgan fingerprint density at radius 2 is 2.12 bits per heavy atom. The van der Waals surface area contributed by atoms with Gasteiger partial charge < -0.3 is 0 Å². The van der Waals surface area contributed by atoms with E-state index in [1.807, 2.05) is 23.9 Å². The molecule has 2 heterocycles. The highest BCUT2D eigenvalue weighted by molar-refractivity contribution is 5.51. The van der Waals surface area contributed by atoms with Gasteiger partial charge in [-0.25, -0.2) is 9.97 Å². The molecule has 2 aromatic rings. The average Bonchev–Trinajstić information content (AvgIpc) is 2.65. The van der Waals surface area contributed by atoms with Crippen LogP contribution in [0.3, 0.4) is 0 Å². The van der Waals surface area contributed by atoms with Crippen molar-refractivity contribution in [3.05, 3.63) is 24.3 Å². The maximum absolute atomic E-state index is 4.31. The summed E-state index contributed by atoms with van der Waals surface area (Å²) in [6.07, 6.45) is 3.65. The molecule has 5 heteroatoms. The van der Waals surface area contributed by atoms with Gasteiger partial charge in [0.15, 0.2) is 0 Å². The number of hydrogen-bond donors (Lipinski definition) is 0. The van der Waals surface area contributed by atoms with Crippen LogP contribution in [0.2, 0.25) is 0 Å². The first-order valence-corrected chi connectivity index (χ1v) is 5.35. The molecule has 0 aliphatic rings. The number of hydrogen-bond acceptors (Lipinski definition) is 4. The molecule has 0 aliphatic carbocycles. The van der Waals surface area contributed by atoms with Crippen LogP contribution in [0.1, 0.15) is 19.7 Å². The minimum absolute atomic E-state index is 0.557. The maximum atomic E-state index is 4.31. The molecule has 0 aliphatic heterocycles. The quantitative estimate of drug-likeness (QED) is 0.785. The predicted molar refractivity (Wildman–Crippen MR) is 60.6 cm³/mol. The lowest BCUT2D eigenvalue weighted by Crippen LogP contribution is -2.04. The van der Waals surface area contributed by atoms with Gasteiger partial charge in [0.2, 0.25) is 0 Å². The van der Waals surface area contributed by atoms with Crippen LogP contribution in [0.25, 0.3) is 11.4 Å². The van der Waals surface area contributed by atoms with Gasteiger partial charge in [-0.3, -0.25) is 4.68 Å². The molecule has 2 aromatic heterocycles. The third-order valence-electron chi connectivity index (χ3n) is 2.13. The summed E-state index contributed by atoms with van der Waals surface area (Å²) in [6.45, 7) is 7.03. The molecule has 0 spiro atoms. The maximum Gasteiger partial charge on any atom is 0.131 e. The van der Waals surface area contributed by atoms with Crippen molar-refractivity contribution in [3.8, 4) is 11.4 Å². The van der Waals surface area contributed by atoms with Crippen LogP contribution in [0, 0.1) is 12.8 Å².